The van der Waals surface area contributed by atoms with E-state index in [0.29, 0.717) is 11.3 Å². The Morgan fingerprint density at radius 2 is 1.81 bits per heavy atom. The monoisotopic (exact) mass is 297 g/mol. The Labute approximate surface area is 128 Å². The number of benzene rings is 2. The fourth-order valence-corrected chi connectivity index (χ4v) is 3.03. The summed E-state index contributed by atoms with van der Waals surface area (Å²) in [6, 6.07) is 12.6. The molecule has 0 saturated heterocycles. The van der Waals surface area contributed by atoms with E-state index in [9.17, 15) is 4.79 Å². The Hall–Kier alpha value is -2.06. The van der Waals surface area contributed by atoms with Gasteiger partial charge in [0.05, 0.1) is 5.03 Å². The van der Waals surface area contributed by atoms with E-state index in [1.807, 2.05) is 6.07 Å². The molecule has 106 valence electrons. The van der Waals surface area contributed by atoms with Crippen molar-refractivity contribution in [2.45, 2.75) is 20.4 Å². The van der Waals surface area contributed by atoms with Crippen LogP contribution >= 0.6 is 11.6 Å². The van der Waals surface area contributed by atoms with Crippen molar-refractivity contribution < 1.29 is 4.79 Å². The summed E-state index contributed by atoms with van der Waals surface area (Å²) in [5.41, 5.74) is 4.52. The topological polar surface area (TPSA) is 22.0 Å². The second kappa shape index (κ2) is 5.38. The van der Waals surface area contributed by atoms with Crippen LogP contribution in [0.15, 0.2) is 42.5 Å². The van der Waals surface area contributed by atoms with Crippen molar-refractivity contribution in [1.82, 2.24) is 4.57 Å². The normalized spacial score (nSPS) is 12.2. The highest BCUT2D eigenvalue weighted by Crippen LogP contribution is 2.32. The lowest BCUT2D eigenvalue weighted by Gasteiger charge is -2.03. The molecule has 21 heavy (non-hydrogen) atoms. The molecule has 3 heteroatoms. The van der Waals surface area contributed by atoms with Crippen LogP contribution in [0.2, 0.25) is 0 Å². The van der Waals surface area contributed by atoms with Gasteiger partial charge < -0.3 is 4.57 Å². The lowest BCUT2D eigenvalue weighted by molar-refractivity contribution is -0.104. The maximum atomic E-state index is 10.6. The van der Waals surface area contributed by atoms with E-state index in [0.717, 1.165) is 12.1 Å². The Balaban J connectivity index is 2.39. The molecule has 1 heterocycles. The van der Waals surface area contributed by atoms with Crippen molar-refractivity contribution in [1.29, 1.82) is 0 Å². The van der Waals surface area contributed by atoms with Gasteiger partial charge in [-0.25, -0.2) is 0 Å². The van der Waals surface area contributed by atoms with Gasteiger partial charge in [-0.15, -0.1) is 0 Å². The predicted molar refractivity (Wildman–Crippen MR) is 89.7 cm³/mol. The Morgan fingerprint density at radius 1 is 1.14 bits per heavy atom. The number of carbonyl (C=O) groups excluding carboxylic acids is 1. The molecule has 0 atom stereocenters. The highest BCUT2D eigenvalue weighted by atomic mass is 35.5. The van der Waals surface area contributed by atoms with Crippen LogP contribution in [0.4, 0.5) is 0 Å². The van der Waals surface area contributed by atoms with E-state index in [4.69, 9.17) is 11.6 Å². The van der Waals surface area contributed by atoms with E-state index in [2.05, 4.69) is 48.7 Å². The van der Waals surface area contributed by atoms with Gasteiger partial charge in [0.1, 0.15) is 6.29 Å². The van der Waals surface area contributed by atoms with Crippen LogP contribution in [0.5, 0.6) is 0 Å². The van der Waals surface area contributed by atoms with Gasteiger partial charge in [0.2, 0.25) is 0 Å². The Morgan fingerprint density at radius 3 is 2.48 bits per heavy atom. The van der Waals surface area contributed by atoms with Crippen LogP contribution in [0, 0.1) is 6.92 Å². The van der Waals surface area contributed by atoms with E-state index < -0.39 is 0 Å². The van der Waals surface area contributed by atoms with E-state index in [-0.39, 0.29) is 0 Å². The smallest absolute Gasteiger partial charge is 0.144 e. The van der Waals surface area contributed by atoms with Gasteiger partial charge in [0, 0.05) is 28.4 Å². The first kappa shape index (κ1) is 13.9. The van der Waals surface area contributed by atoms with E-state index in [1.54, 1.807) is 0 Å². The van der Waals surface area contributed by atoms with E-state index in [1.165, 1.54) is 33.4 Å². The molecule has 0 bridgehead atoms. The zero-order chi connectivity index (χ0) is 15.0. The predicted octanol–water partition coefficient (Wildman–Crippen LogP) is 4.90. The summed E-state index contributed by atoms with van der Waals surface area (Å²) < 4.78 is 2.30. The highest BCUT2D eigenvalue weighted by molar-refractivity contribution is 6.49. The number of nitrogens with zero attached hydrogens (tertiary/aromatic N) is 1. The first-order valence-electron chi connectivity index (χ1n) is 6.99. The van der Waals surface area contributed by atoms with Gasteiger partial charge in [-0.3, -0.25) is 4.79 Å². The SMILES string of the molecule is CCn1c2ccc(C)cc2c2cc(/C(Cl)=C/C=O)ccc21. The van der Waals surface area contributed by atoms with Crippen LogP contribution in [0.3, 0.4) is 0 Å². The van der Waals surface area contributed by atoms with Crippen molar-refractivity contribution in [3.8, 4) is 0 Å². The van der Waals surface area contributed by atoms with Crippen molar-refractivity contribution in [3.63, 3.8) is 0 Å². The van der Waals surface area contributed by atoms with Crippen molar-refractivity contribution in [2.24, 2.45) is 0 Å². The molecule has 3 rings (SSSR count). The number of hydrogen-bond donors (Lipinski definition) is 0. The van der Waals surface area contributed by atoms with Crippen molar-refractivity contribution >= 4 is 44.7 Å². The molecule has 2 nitrogen and oxygen atoms in total. The molecule has 0 aliphatic carbocycles. The maximum Gasteiger partial charge on any atom is 0.144 e. The number of aromatic nitrogens is 1. The Kier molecular flexibility index (Phi) is 3.56. The van der Waals surface area contributed by atoms with Gasteiger partial charge in [-0.2, -0.15) is 0 Å². The van der Waals surface area contributed by atoms with Gasteiger partial charge in [0.15, 0.2) is 0 Å². The molecule has 0 fully saturated rings. The molecule has 0 spiro atoms. The summed E-state index contributed by atoms with van der Waals surface area (Å²) in [5.74, 6) is 0. The van der Waals surface area contributed by atoms with Gasteiger partial charge in [-0.1, -0.05) is 29.3 Å². The van der Waals surface area contributed by atoms with Crippen LogP contribution in [-0.2, 0) is 11.3 Å². The number of carbonyl (C=O) groups is 1. The number of rotatable bonds is 3. The van der Waals surface area contributed by atoms with Gasteiger partial charge >= 0.3 is 0 Å². The minimum atomic E-state index is 0.469. The average molecular weight is 298 g/mol. The lowest BCUT2D eigenvalue weighted by Crippen LogP contribution is -1.92. The second-order valence-corrected chi connectivity index (χ2v) is 5.55. The van der Waals surface area contributed by atoms with Gasteiger partial charge in [-0.05, 0) is 49.8 Å². The summed E-state index contributed by atoms with van der Waals surface area (Å²) in [6.07, 6.45) is 2.10. The summed E-state index contributed by atoms with van der Waals surface area (Å²) in [4.78, 5) is 10.6. The minimum Gasteiger partial charge on any atom is -0.341 e. The van der Waals surface area contributed by atoms with Crippen molar-refractivity contribution in [2.75, 3.05) is 0 Å². The summed E-state index contributed by atoms with van der Waals surface area (Å²) in [7, 11) is 0. The third kappa shape index (κ3) is 2.26. The molecule has 1 aromatic heterocycles. The third-order valence-electron chi connectivity index (χ3n) is 3.83. The molecule has 3 aromatic rings. The number of fused-ring (bicyclic) bond motifs is 3. The maximum absolute atomic E-state index is 10.6. The van der Waals surface area contributed by atoms with Crippen molar-refractivity contribution in [3.05, 3.63) is 53.6 Å². The summed E-state index contributed by atoms with van der Waals surface area (Å²) in [6.45, 7) is 5.16. The van der Waals surface area contributed by atoms with Crippen LogP contribution in [0.25, 0.3) is 26.8 Å². The second-order valence-electron chi connectivity index (χ2n) is 5.15. The van der Waals surface area contributed by atoms with Crippen LogP contribution in [-0.4, -0.2) is 10.9 Å². The number of hydrogen-bond acceptors (Lipinski definition) is 1. The third-order valence-corrected chi connectivity index (χ3v) is 4.17. The largest absolute Gasteiger partial charge is 0.341 e. The first-order valence-corrected chi connectivity index (χ1v) is 7.37. The molecule has 0 aliphatic heterocycles. The molecule has 0 radical (unpaired) electrons. The number of aryl methyl sites for hydroxylation is 2. The molecule has 2 aromatic carbocycles. The zero-order valence-corrected chi connectivity index (χ0v) is 12.8. The average Bonchev–Trinajstić information content (AvgIpc) is 2.79. The minimum absolute atomic E-state index is 0.469. The number of halogens is 1. The number of aldehydes is 1. The zero-order valence-electron chi connectivity index (χ0n) is 12.1. The molecule has 0 N–H and O–H groups in total. The summed E-state index contributed by atoms with van der Waals surface area (Å²) >= 11 is 6.15. The standard InChI is InChI=1S/C18H16ClNO/c1-3-20-17-6-4-12(2)10-14(17)15-11-13(5-7-18(15)20)16(19)8-9-21/h4-11H,3H2,1-2H3/b16-8-. The molecule has 0 saturated carbocycles. The van der Waals surface area contributed by atoms with Gasteiger partial charge in [0.25, 0.3) is 0 Å². The fraction of sp³-hybridized carbons (Fsp3) is 0.167. The quantitative estimate of drug-likeness (QED) is 0.498. The van der Waals surface area contributed by atoms with E-state index >= 15 is 0 Å². The van der Waals surface area contributed by atoms with Crippen LogP contribution < -0.4 is 0 Å². The molecular weight excluding hydrogens is 282 g/mol. The lowest BCUT2D eigenvalue weighted by atomic mass is 10.1. The molecule has 0 amide bonds. The molecule has 0 aliphatic rings. The Bertz CT molecular complexity index is 874. The molecule has 0 unspecified atom stereocenters. The highest BCUT2D eigenvalue weighted by Gasteiger charge is 2.11. The van der Waals surface area contributed by atoms with Crippen LogP contribution in [0.1, 0.15) is 18.1 Å². The number of allylic oxidation sites excluding steroid dienone is 1. The summed E-state index contributed by atoms with van der Waals surface area (Å²) in [5, 5.41) is 2.87. The fourth-order valence-electron chi connectivity index (χ4n) is 2.86. The first-order chi connectivity index (χ1) is 10.2. The molecular formula is C18H16ClNO.